The van der Waals surface area contributed by atoms with E-state index >= 15 is 0 Å². The average molecular weight is 205 g/mol. The van der Waals surface area contributed by atoms with E-state index in [0.717, 1.165) is 5.56 Å². The summed E-state index contributed by atoms with van der Waals surface area (Å²) in [5, 5.41) is 8.71. The molecule has 2 rings (SSSR count). The first kappa shape index (κ1) is 10.2. The molecular weight excluding hydrogens is 190 g/mol. The Kier molecular flexibility index (Phi) is 2.73. The third-order valence-corrected chi connectivity index (χ3v) is 2.81. The first-order chi connectivity index (χ1) is 7.18. The normalized spacial score (nSPS) is 17.4. The van der Waals surface area contributed by atoms with Crippen LogP contribution in [0.2, 0.25) is 0 Å². The molecule has 0 spiro atoms. The minimum absolute atomic E-state index is 0.00370. The molecular formula is C12H15NO2. The van der Waals surface area contributed by atoms with Crippen LogP contribution in [0.3, 0.4) is 0 Å². The topological polar surface area (TPSA) is 63.3 Å². The van der Waals surface area contributed by atoms with Gasteiger partial charge in [0.1, 0.15) is 0 Å². The van der Waals surface area contributed by atoms with Gasteiger partial charge in [0.15, 0.2) is 0 Å². The molecule has 1 aliphatic rings. The van der Waals surface area contributed by atoms with Crippen LogP contribution in [0.15, 0.2) is 24.3 Å². The average Bonchev–Trinajstić information content (AvgIpc) is 3.00. The lowest BCUT2D eigenvalue weighted by Crippen LogP contribution is -2.16. The van der Waals surface area contributed by atoms with Crippen molar-refractivity contribution >= 4 is 5.97 Å². The summed E-state index contributed by atoms with van der Waals surface area (Å²) in [6.07, 6.45) is 2.41. The largest absolute Gasteiger partial charge is 0.481 e. The second-order valence-electron chi connectivity index (χ2n) is 4.11. The van der Waals surface area contributed by atoms with Gasteiger partial charge >= 0.3 is 5.97 Å². The Morgan fingerprint density at radius 3 is 2.73 bits per heavy atom. The third-order valence-electron chi connectivity index (χ3n) is 2.81. The monoisotopic (exact) mass is 205 g/mol. The molecule has 1 fully saturated rings. The number of carbonyl (C=O) groups is 1. The van der Waals surface area contributed by atoms with Crippen molar-refractivity contribution in [1.82, 2.24) is 0 Å². The molecule has 0 aliphatic heterocycles. The summed E-state index contributed by atoms with van der Waals surface area (Å²) in [5.41, 5.74) is 8.13. The van der Waals surface area contributed by atoms with E-state index < -0.39 is 5.97 Å². The Morgan fingerprint density at radius 2 is 2.13 bits per heavy atom. The fourth-order valence-electron chi connectivity index (χ4n) is 1.91. The number of carboxylic acids is 1. The highest BCUT2D eigenvalue weighted by molar-refractivity contribution is 5.68. The zero-order valence-corrected chi connectivity index (χ0v) is 8.52. The van der Waals surface area contributed by atoms with Crippen molar-refractivity contribution in [3.8, 4) is 0 Å². The van der Waals surface area contributed by atoms with Crippen LogP contribution in [0.1, 0.15) is 42.3 Å². The smallest absolute Gasteiger partial charge is 0.305 e. The molecule has 0 radical (unpaired) electrons. The lowest BCUT2D eigenvalue weighted by molar-refractivity contribution is -0.137. The maximum absolute atomic E-state index is 10.6. The number of nitrogens with two attached hydrogens (primary N) is 1. The van der Waals surface area contributed by atoms with Crippen LogP contribution < -0.4 is 5.73 Å². The zero-order chi connectivity index (χ0) is 10.8. The molecule has 80 valence electrons. The lowest BCUT2D eigenvalue weighted by Gasteiger charge is -2.14. The van der Waals surface area contributed by atoms with Crippen molar-refractivity contribution in [2.45, 2.75) is 31.2 Å². The predicted octanol–water partition coefficient (Wildman–Crippen LogP) is 2.04. The Balaban J connectivity index is 2.21. The van der Waals surface area contributed by atoms with Gasteiger partial charge in [-0.25, -0.2) is 0 Å². The minimum atomic E-state index is -0.840. The summed E-state index contributed by atoms with van der Waals surface area (Å²) >= 11 is 0. The van der Waals surface area contributed by atoms with E-state index in [9.17, 15) is 4.79 Å². The SMILES string of the molecule is N[C@@H](CC(=O)O)c1ccccc1C1CC1. The number of hydrogen-bond donors (Lipinski definition) is 2. The van der Waals surface area contributed by atoms with Gasteiger partial charge in [-0.05, 0) is 29.9 Å². The van der Waals surface area contributed by atoms with E-state index in [4.69, 9.17) is 10.8 Å². The summed E-state index contributed by atoms with van der Waals surface area (Å²) in [6, 6.07) is 7.54. The summed E-state index contributed by atoms with van der Waals surface area (Å²) in [7, 11) is 0. The number of rotatable bonds is 4. The van der Waals surface area contributed by atoms with Gasteiger partial charge in [-0.3, -0.25) is 4.79 Å². The van der Waals surface area contributed by atoms with E-state index in [2.05, 4.69) is 6.07 Å². The molecule has 3 nitrogen and oxygen atoms in total. The molecule has 0 heterocycles. The van der Waals surface area contributed by atoms with Crippen molar-refractivity contribution in [3.05, 3.63) is 35.4 Å². The van der Waals surface area contributed by atoms with Gasteiger partial charge in [0.05, 0.1) is 6.42 Å². The maximum Gasteiger partial charge on any atom is 0.305 e. The van der Waals surface area contributed by atoms with Crippen LogP contribution in [0.25, 0.3) is 0 Å². The lowest BCUT2D eigenvalue weighted by atomic mass is 9.96. The molecule has 1 saturated carbocycles. The predicted molar refractivity (Wildman–Crippen MR) is 57.6 cm³/mol. The van der Waals surface area contributed by atoms with Crippen molar-refractivity contribution in [1.29, 1.82) is 0 Å². The summed E-state index contributed by atoms with van der Waals surface area (Å²) in [6.45, 7) is 0. The highest BCUT2D eigenvalue weighted by Crippen LogP contribution is 2.42. The molecule has 0 saturated heterocycles. The highest BCUT2D eigenvalue weighted by atomic mass is 16.4. The minimum Gasteiger partial charge on any atom is -0.481 e. The van der Waals surface area contributed by atoms with Gasteiger partial charge in [0.2, 0.25) is 0 Å². The van der Waals surface area contributed by atoms with Crippen molar-refractivity contribution < 1.29 is 9.90 Å². The molecule has 0 unspecified atom stereocenters. The molecule has 1 aromatic carbocycles. The zero-order valence-electron chi connectivity index (χ0n) is 8.52. The first-order valence-electron chi connectivity index (χ1n) is 5.24. The van der Waals surface area contributed by atoms with E-state index in [0.29, 0.717) is 5.92 Å². The second kappa shape index (κ2) is 4.03. The first-order valence-corrected chi connectivity index (χ1v) is 5.24. The van der Waals surface area contributed by atoms with Crippen LogP contribution in [0.5, 0.6) is 0 Å². The molecule has 1 aliphatic carbocycles. The van der Waals surface area contributed by atoms with Crippen LogP contribution >= 0.6 is 0 Å². The number of carboxylic acid groups (broad SMARTS) is 1. The number of benzene rings is 1. The van der Waals surface area contributed by atoms with Crippen LogP contribution in [0.4, 0.5) is 0 Å². The number of hydrogen-bond acceptors (Lipinski definition) is 2. The van der Waals surface area contributed by atoms with E-state index in [1.165, 1.54) is 18.4 Å². The standard InChI is InChI=1S/C12H15NO2/c13-11(7-12(14)15)10-4-2-1-3-9(10)8-5-6-8/h1-4,8,11H,5-7,13H2,(H,14,15)/t11-/m0/s1. The maximum atomic E-state index is 10.6. The fraction of sp³-hybridized carbons (Fsp3) is 0.417. The summed E-state index contributed by atoms with van der Waals surface area (Å²) in [4.78, 5) is 10.6. The number of aliphatic carboxylic acids is 1. The fourth-order valence-corrected chi connectivity index (χ4v) is 1.91. The van der Waals surface area contributed by atoms with E-state index in [-0.39, 0.29) is 12.5 Å². The van der Waals surface area contributed by atoms with Gasteiger partial charge < -0.3 is 10.8 Å². The Labute approximate surface area is 88.9 Å². The Bertz CT molecular complexity index is 372. The molecule has 0 bridgehead atoms. The molecule has 0 aromatic heterocycles. The van der Waals surface area contributed by atoms with Gasteiger partial charge in [0.25, 0.3) is 0 Å². The Morgan fingerprint density at radius 1 is 1.47 bits per heavy atom. The van der Waals surface area contributed by atoms with E-state index in [1.54, 1.807) is 0 Å². The third kappa shape index (κ3) is 2.36. The quantitative estimate of drug-likeness (QED) is 0.790. The van der Waals surface area contributed by atoms with Crippen molar-refractivity contribution in [2.75, 3.05) is 0 Å². The molecule has 3 N–H and O–H groups in total. The Hall–Kier alpha value is -1.35. The second-order valence-corrected chi connectivity index (χ2v) is 4.11. The highest BCUT2D eigenvalue weighted by Gasteiger charge is 2.27. The van der Waals surface area contributed by atoms with Gasteiger partial charge in [-0.15, -0.1) is 0 Å². The van der Waals surface area contributed by atoms with Gasteiger partial charge in [-0.2, -0.15) is 0 Å². The van der Waals surface area contributed by atoms with Crippen LogP contribution in [-0.4, -0.2) is 11.1 Å². The molecule has 15 heavy (non-hydrogen) atoms. The van der Waals surface area contributed by atoms with Gasteiger partial charge in [0, 0.05) is 6.04 Å². The molecule has 3 heteroatoms. The van der Waals surface area contributed by atoms with Crippen molar-refractivity contribution in [2.24, 2.45) is 5.73 Å². The van der Waals surface area contributed by atoms with E-state index in [1.807, 2.05) is 18.2 Å². The summed E-state index contributed by atoms with van der Waals surface area (Å²) in [5.74, 6) is -0.228. The molecule has 1 aromatic rings. The van der Waals surface area contributed by atoms with Crippen LogP contribution in [0, 0.1) is 0 Å². The van der Waals surface area contributed by atoms with Crippen LogP contribution in [-0.2, 0) is 4.79 Å². The van der Waals surface area contributed by atoms with Crippen molar-refractivity contribution in [3.63, 3.8) is 0 Å². The van der Waals surface area contributed by atoms with Gasteiger partial charge in [-0.1, -0.05) is 24.3 Å². The molecule has 0 amide bonds. The molecule has 1 atom stereocenters. The summed E-state index contributed by atoms with van der Waals surface area (Å²) < 4.78 is 0.